The van der Waals surface area contributed by atoms with E-state index in [-0.39, 0.29) is 5.54 Å². The molecule has 1 aliphatic rings. The van der Waals surface area contributed by atoms with Crippen LogP contribution in [0.15, 0.2) is 6.07 Å². The summed E-state index contributed by atoms with van der Waals surface area (Å²) in [5, 5.41) is 4.31. The van der Waals surface area contributed by atoms with Crippen molar-refractivity contribution >= 4 is 0 Å². The van der Waals surface area contributed by atoms with Crippen LogP contribution in [-0.2, 0) is 13.5 Å². The maximum Gasteiger partial charge on any atom is 0.0596 e. The topological polar surface area (TPSA) is 43.8 Å². The Morgan fingerprint density at radius 2 is 2.31 bits per heavy atom. The summed E-state index contributed by atoms with van der Waals surface area (Å²) in [6.45, 7) is 2.03. The van der Waals surface area contributed by atoms with E-state index in [1.54, 1.807) is 0 Å². The molecule has 1 saturated carbocycles. The molecule has 2 rings (SSSR count). The third kappa shape index (κ3) is 1.91. The van der Waals surface area contributed by atoms with E-state index < -0.39 is 0 Å². The number of nitrogens with two attached hydrogens (primary N) is 1. The third-order valence-corrected chi connectivity index (χ3v) is 2.87. The van der Waals surface area contributed by atoms with Crippen molar-refractivity contribution in [2.45, 2.75) is 38.1 Å². The molecule has 1 fully saturated rings. The van der Waals surface area contributed by atoms with Crippen molar-refractivity contribution < 1.29 is 0 Å². The fourth-order valence-corrected chi connectivity index (χ4v) is 1.69. The molecule has 72 valence electrons. The maximum atomic E-state index is 6.02. The van der Waals surface area contributed by atoms with Gasteiger partial charge < -0.3 is 5.73 Å². The van der Waals surface area contributed by atoms with Gasteiger partial charge in [0.1, 0.15) is 0 Å². The molecular weight excluding hydrogens is 162 g/mol. The Morgan fingerprint density at radius 3 is 2.77 bits per heavy atom. The Bertz CT molecular complexity index is 310. The first-order valence-corrected chi connectivity index (χ1v) is 4.87. The van der Waals surface area contributed by atoms with Gasteiger partial charge in [-0.05, 0) is 38.7 Å². The Morgan fingerprint density at radius 1 is 1.62 bits per heavy atom. The molecule has 0 atom stereocenters. The standard InChI is InChI=1S/C10H17N3/c1-8-7-9(13(2)12-8)3-4-10(11)5-6-10/h7H,3-6,11H2,1-2H3. The van der Waals surface area contributed by atoms with Gasteiger partial charge in [0.2, 0.25) is 0 Å². The second-order valence-electron chi connectivity index (χ2n) is 4.26. The van der Waals surface area contributed by atoms with Crippen molar-refractivity contribution in [3.05, 3.63) is 17.5 Å². The molecule has 0 amide bonds. The summed E-state index contributed by atoms with van der Waals surface area (Å²) in [4.78, 5) is 0. The van der Waals surface area contributed by atoms with Crippen molar-refractivity contribution in [2.75, 3.05) is 0 Å². The number of aryl methyl sites for hydroxylation is 3. The molecule has 1 heterocycles. The van der Waals surface area contributed by atoms with Crippen LogP contribution in [0.5, 0.6) is 0 Å². The molecule has 0 aromatic carbocycles. The van der Waals surface area contributed by atoms with Crippen LogP contribution in [0.25, 0.3) is 0 Å². The molecule has 13 heavy (non-hydrogen) atoms. The highest BCUT2D eigenvalue weighted by Gasteiger charge is 2.37. The lowest BCUT2D eigenvalue weighted by Crippen LogP contribution is -2.22. The van der Waals surface area contributed by atoms with Crippen molar-refractivity contribution in [1.82, 2.24) is 9.78 Å². The van der Waals surface area contributed by atoms with Crippen LogP contribution in [0.1, 0.15) is 30.7 Å². The number of hydrogen-bond acceptors (Lipinski definition) is 2. The summed E-state index contributed by atoms with van der Waals surface area (Å²) in [7, 11) is 2.00. The van der Waals surface area contributed by atoms with Crippen molar-refractivity contribution in [2.24, 2.45) is 12.8 Å². The summed E-state index contributed by atoms with van der Waals surface area (Å²) in [6, 6.07) is 2.14. The second kappa shape index (κ2) is 2.84. The molecule has 0 bridgehead atoms. The Hall–Kier alpha value is -0.830. The molecule has 0 saturated heterocycles. The lowest BCUT2D eigenvalue weighted by molar-refractivity contribution is 0.583. The minimum absolute atomic E-state index is 0.165. The van der Waals surface area contributed by atoms with Crippen molar-refractivity contribution in [1.29, 1.82) is 0 Å². The normalized spacial score (nSPS) is 19.0. The van der Waals surface area contributed by atoms with Gasteiger partial charge in [0.05, 0.1) is 5.69 Å². The van der Waals surface area contributed by atoms with Crippen LogP contribution in [0.3, 0.4) is 0 Å². The molecule has 0 spiro atoms. The fraction of sp³-hybridized carbons (Fsp3) is 0.700. The molecule has 3 heteroatoms. The molecule has 1 aliphatic carbocycles. The van der Waals surface area contributed by atoms with Gasteiger partial charge in [0.15, 0.2) is 0 Å². The van der Waals surface area contributed by atoms with Gasteiger partial charge in [-0.15, -0.1) is 0 Å². The van der Waals surface area contributed by atoms with Gasteiger partial charge in [-0.1, -0.05) is 0 Å². The van der Waals surface area contributed by atoms with Gasteiger partial charge in [0, 0.05) is 18.3 Å². The van der Waals surface area contributed by atoms with E-state index in [0.717, 1.165) is 18.5 Å². The van der Waals surface area contributed by atoms with Crippen molar-refractivity contribution in [3.63, 3.8) is 0 Å². The smallest absolute Gasteiger partial charge is 0.0596 e. The summed E-state index contributed by atoms with van der Waals surface area (Å²) >= 11 is 0. The first-order chi connectivity index (χ1) is 6.09. The quantitative estimate of drug-likeness (QED) is 0.756. The molecule has 1 aromatic rings. The largest absolute Gasteiger partial charge is 0.325 e. The van der Waals surface area contributed by atoms with Crippen LogP contribution < -0.4 is 5.73 Å². The van der Waals surface area contributed by atoms with E-state index in [1.165, 1.54) is 18.5 Å². The van der Waals surface area contributed by atoms with Crippen molar-refractivity contribution in [3.8, 4) is 0 Å². The van der Waals surface area contributed by atoms with E-state index in [4.69, 9.17) is 5.73 Å². The monoisotopic (exact) mass is 179 g/mol. The summed E-state index contributed by atoms with van der Waals surface area (Å²) in [6.07, 6.45) is 4.56. The lowest BCUT2D eigenvalue weighted by atomic mass is 10.1. The molecular formula is C10H17N3. The minimum atomic E-state index is 0.165. The summed E-state index contributed by atoms with van der Waals surface area (Å²) < 4.78 is 1.96. The Kier molecular flexibility index (Phi) is 1.91. The van der Waals surface area contributed by atoms with E-state index >= 15 is 0 Å². The van der Waals surface area contributed by atoms with E-state index in [0.29, 0.717) is 0 Å². The van der Waals surface area contributed by atoms with Gasteiger partial charge in [-0.2, -0.15) is 5.10 Å². The van der Waals surface area contributed by atoms with Gasteiger partial charge in [0.25, 0.3) is 0 Å². The lowest BCUT2D eigenvalue weighted by Gasteiger charge is -2.07. The van der Waals surface area contributed by atoms with Gasteiger partial charge >= 0.3 is 0 Å². The van der Waals surface area contributed by atoms with E-state index in [9.17, 15) is 0 Å². The average molecular weight is 179 g/mol. The van der Waals surface area contributed by atoms with Gasteiger partial charge in [-0.3, -0.25) is 4.68 Å². The number of rotatable bonds is 3. The fourth-order valence-electron chi connectivity index (χ4n) is 1.69. The number of hydrogen-bond donors (Lipinski definition) is 1. The zero-order valence-corrected chi connectivity index (χ0v) is 8.38. The maximum absolute atomic E-state index is 6.02. The highest BCUT2D eigenvalue weighted by Crippen LogP contribution is 2.36. The third-order valence-electron chi connectivity index (χ3n) is 2.87. The Balaban J connectivity index is 1.97. The van der Waals surface area contributed by atoms with Crippen LogP contribution in [-0.4, -0.2) is 15.3 Å². The Labute approximate surface area is 78.9 Å². The average Bonchev–Trinajstić information content (AvgIpc) is 2.69. The number of nitrogens with zero attached hydrogens (tertiary/aromatic N) is 2. The van der Waals surface area contributed by atoms with Crippen LogP contribution in [0, 0.1) is 6.92 Å². The van der Waals surface area contributed by atoms with Gasteiger partial charge in [-0.25, -0.2) is 0 Å². The molecule has 3 nitrogen and oxygen atoms in total. The molecule has 0 radical (unpaired) electrons. The van der Waals surface area contributed by atoms with Crippen LogP contribution in [0.4, 0.5) is 0 Å². The SMILES string of the molecule is Cc1cc(CCC2(N)CC2)n(C)n1. The second-order valence-corrected chi connectivity index (χ2v) is 4.26. The first kappa shape index (κ1) is 8.75. The molecule has 0 aliphatic heterocycles. The summed E-state index contributed by atoms with van der Waals surface area (Å²) in [5.74, 6) is 0. The zero-order chi connectivity index (χ0) is 9.47. The molecule has 0 unspecified atom stereocenters. The van der Waals surface area contributed by atoms with Crippen LogP contribution in [0.2, 0.25) is 0 Å². The van der Waals surface area contributed by atoms with Crippen LogP contribution >= 0.6 is 0 Å². The summed E-state index contributed by atoms with van der Waals surface area (Å²) in [5.41, 5.74) is 8.58. The predicted octanol–water partition coefficient (Wildman–Crippen LogP) is 1.15. The highest BCUT2D eigenvalue weighted by atomic mass is 15.3. The number of aromatic nitrogens is 2. The van der Waals surface area contributed by atoms with E-state index in [1.807, 2.05) is 18.7 Å². The molecule has 2 N–H and O–H groups in total. The van der Waals surface area contributed by atoms with E-state index in [2.05, 4.69) is 11.2 Å². The zero-order valence-electron chi connectivity index (χ0n) is 8.38. The highest BCUT2D eigenvalue weighted by molar-refractivity contribution is 5.11. The molecule has 1 aromatic heterocycles. The first-order valence-electron chi connectivity index (χ1n) is 4.87. The minimum Gasteiger partial charge on any atom is -0.325 e. The predicted molar refractivity (Wildman–Crippen MR) is 52.4 cm³/mol.